The Morgan fingerprint density at radius 2 is 1.76 bits per heavy atom. The van der Waals surface area contributed by atoms with Gasteiger partial charge < -0.3 is 15.0 Å². The second-order valence-corrected chi connectivity index (χ2v) is 9.35. The van der Waals surface area contributed by atoms with Crippen LogP contribution in [0.15, 0.2) is 47.4 Å². The number of carbonyl (C=O) groups excluding carboxylic acids is 1. The zero-order chi connectivity index (χ0) is 21.0. The van der Waals surface area contributed by atoms with Crippen LogP contribution in [-0.2, 0) is 14.8 Å². The molecule has 0 atom stereocenters. The number of hydrogen-bond donors (Lipinski definition) is 1. The molecule has 9 heteroatoms. The fraction of sp³-hybridized carbons (Fsp3) is 0.350. The molecule has 156 valence electrons. The van der Waals surface area contributed by atoms with E-state index in [0.29, 0.717) is 42.6 Å². The van der Waals surface area contributed by atoms with Gasteiger partial charge in [0.15, 0.2) is 6.61 Å². The van der Waals surface area contributed by atoms with Crippen molar-refractivity contribution in [3.05, 3.63) is 53.1 Å². The molecule has 1 heterocycles. The number of amides is 1. The van der Waals surface area contributed by atoms with Crippen molar-refractivity contribution in [3.8, 4) is 5.75 Å². The molecule has 1 saturated heterocycles. The van der Waals surface area contributed by atoms with Crippen molar-refractivity contribution in [2.75, 3.05) is 45.2 Å². The summed E-state index contributed by atoms with van der Waals surface area (Å²) in [7, 11) is -1.56. The second kappa shape index (κ2) is 9.13. The van der Waals surface area contributed by atoms with Gasteiger partial charge in [0.25, 0.3) is 5.91 Å². The third-order valence-electron chi connectivity index (χ3n) is 4.73. The monoisotopic (exact) mass is 437 g/mol. The minimum Gasteiger partial charge on any atom is -0.483 e. The van der Waals surface area contributed by atoms with Crippen LogP contribution in [0.4, 0.5) is 5.69 Å². The van der Waals surface area contributed by atoms with Gasteiger partial charge in [-0.05, 0) is 62.0 Å². The van der Waals surface area contributed by atoms with Crippen LogP contribution in [0, 0.1) is 6.92 Å². The number of sulfonamides is 1. The van der Waals surface area contributed by atoms with E-state index >= 15 is 0 Å². The summed E-state index contributed by atoms with van der Waals surface area (Å²) in [5.74, 6) is 0.243. The van der Waals surface area contributed by atoms with Crippen molar-refractivity contribution < 1.29 is 17.9 Å². The number of piperazine rings is 1. The van der Waals surface area contributed by atoms with Gasteiger partial charge in [-0.15, -0.1) is 0 Å². The lowest BCUT2D eigenvalue weighted by Crippen LogP contribution is -2.46. The molecule has 0 radical (unpaired) electrons. The van der Waals surface area contributed by atoms with Crippen LogP contribution in [0.3, 0.4) is 0 Å². The Bertz CT molecular complexity index is 972. The molecule has 0 aromatic heterocycles. The van der Waals surface area contributed by atoms with Crippen molar-refractivity contribution in [1.82, 2.24) is 9.21 Å². The lowest BCUT2D eigenvalue weighted by Gasteiger charge is -2.31. The van der Waals surface area contributed by atoms with E-state index in [9.17, 15) is 13.2 Å². The van der Waals surface area contributed by atoms with Crippen LogP contribution in [-0.4, -0.2) is 63.4 Å². The predicted molar refractivity (Wildman–Crippen MR) is 113 cm³/mol. The quantitative estimate of drug-likeness (QED) is 0.751. The van der Waals surface area contributed by atoms with Gasteiger partial charge in [0.05, 0.1) is 4.90 Å². The fourth-order valence-electron chi connectivity index (χ4n) is 3.00. The Balaban J connectivity index is 1.57. The number of carbonyl (C=O) groups is 1. The summed E-state index contributed by atoms with van der Waals surface area (Å²) in [5, 5.41) is 3.30. The molecule has 1 amide bonds. The summed E-state index contributed by atoms with van der Waals surface area (Å²) in [6.45, 7) is 4.04. The Labute approximate surface area is 176 Å². The summed E-state index contributed by atoms with van der Waals surface area (Å²) >= 11 is 5.90. The van der Waals surface area contributed by atoms with E-state index in [2.05, 4.69) is 10.2 Å². The van der Waals surface area contributed by atoms with Gasteiger partial charge in [-0.3, -0.25) is 4.79 Å². The van der Waals surface area contributed by atoms with Gasteiger partial charge in [-0.1, -0.05) is 11.6 Å². The number of aryl methyl sites for hydroxylation is 1. The number of anilines is 1. The van der Waals surface area contributed by atoms with E-state index in [-0.39, 0.29) is 17.4 Å². The average molecular weight is 438 g/mol. The van der Waals surface area contributed by atoms with E-state index in [4.69, 9.17) is 16.3 Å². The number of halogens is 1. The highest BCUT2D eigenvalue weighted by atomic mass is 35.5. The van der Waals surface area contributed by atoms with Crippen LogP contribution < -0.4 is 10.1 Å². The molecule has 0 spiro atoms. The van der Waals surface area contributed by atoms with Crippen molar-refractivity contribution in [2.45, 2.75) is 11.8 Å². The maximum Gasteiger partial charge on any atom is 0.262 e. The van der Waals surface area contributed by atoms with Gasteiger partial charge >= 0.3 is 0 Å². The molecular formula is C20H24ClN3O4S. The van der Waals surface area contributed by atoms with E-state index in [0.717, 1.165) is 5.56 Å². The van der Waals surface area contributed by atoms with Crippen LogP contribution in [0.5, 0.6) is 5.75 Å². The highest BCUT2D eigenvalue weighted by molar-refractivity contribution is 7.89. The minimum absolute atomic E-state index is 0.163. The van der Waals surface area contributed by atoms with Gasteiger partial charge in [0.2, 0.25) is 10.0 Å². The first-order chi connectivity index (χ1) is 13.8. The van der Waals surface area contributed by atoms with E-state index < -0.39 is 10.0 Å². The molecule has 3 rings (SSSR count). The van der Waals surface area contributed by atoms with Crippen molar-refractivity contribution in [3.63, 3.8) is 0 Å². The van der Waals surface area contributed by atoms with Crippen LogP contribution in [0.25, 0.3) is 0 Å². The SMILES string of the molecule is Cc1cc(Cl)ccc1OCC(=O)Nc1ccc(S(=O)(=O)N2CCN(C)CC2)cc1. The molecule has 7 nitrogen and oxygen atoms in total. The Morgan fingerprint density at radius 3 is 2.38 bits per heavy atom. The van der Waals surface area contributed by atoms with Crippen molar-refractivity contribution >= 4 is 33.2 Å². The third kappa shape index (κ3) is 5.48. The largest absolute Gasteiger partial charge is 0.483 e. The first-order valence-electron chi connectivity index (χ1n) is 9.23. The van der Waals surface area contributed by atoms with Crippen LogP contribution in [0.1, 0.15) is 5.56 Å². The number of nitrogens with one attached hydrogen (secondary N) is 1. The number of nitrogens with zero attached hydrogens (tertiary/aromatic N) is 2. The summed E-state index contributed by atoms with van der Waals surface area (Å²) in [4.78, 5) is 14.4. The molecule has 1 N–H and O–H groups in total. The van der Waals surface area contributed by atoms with Gasteiger partial charge in [0.1, 0.15) is 5.75 Å². The van der Waals surface area contributed by atoms with E-state index in [1.54, 1.807) is 30.3 Å². The lowest BCUT2D eigenvalue weighted by molar-refractivity contribution is -0.118. The lowest BCUT2D eigenvalue weighted by atomic mass is 10.2. The standard InChI is InChI=1S/C20H24ClN3O4S/c1-15-13-16(21)3-8-19(15)28-14-20(25)22-17-4-6-18(7-5-17)29(26,27)24-11-9-23(2)10-12-24/h3-8,13H,9-12,14H2,1-2H3,(H,22,25). The van der Waals surface area contributed by atoms with Gasteiger partial charge in [-0.2, -0.15) is 4.31 Å². The summed E-state index contributed by atoms with van der Waals surface area (Å²) in [5.41, 5.74) is 1.34. The molecule has 2 aromatic rings. The number of likely N-dealkylation sites (N-methyl/N-ethyl adjacent to an activating group) is 1. The molecule has 1 aliphatic heterocycles. The molecular weight excluding hydrogens is 414 g/mol. The number of ether oxygens (including phenoxy) is 1. The van der Waals surface area contributed by atoms with E-state index in [1.165, 1.54) is 16.4 Å². The normalized spacial score (nSPS) is 15.8. The first kappa shape index (κ1) is 21.6. The predicted octanol–water partition coefficient (Wildman–Crippen LogP) is 2.60. The Morgan fingerprint density at radius 1 is 1.10 bits per heavy atom. The summed E-state index contributed by atoms with van der Waals surface area (Å²) < 4.78 is 32.5. The molecule has 0 saturated carbocycles. The first-order valence-corrected chi connectivity index (χ1v) is 11.0. The summed E-state index contributed by atoms with van der Waals surface area (Å²) in [6.07, 6.45) is 0. The second-order valence-electron chi connectivity index (χ2n) is 6.98. The number of hydrogen-bond acceptors (Lipinski definition) is 5. The smallest absolute Gasteiger partial charge is 0.262 e. The highest BCUT2D eigenvalue weighted by Gasteiger charge is 2.27. The van der Waals surface area contributed by atoms with Gasteiger partial charge in [0, 0.05) is 36.9 Å². The molecule has 0 bridgehead atoms. The topological polar surface area (TPSA) is 78.9 Å². The van der Waals surface area contributed by atoms with Crippen molar-refractivity contribution in [1.29, 1.82) is 0 Å². The molecule has 0 aliphatic carbocycles. The maximum absolute atomic E-state index is 12.7. The van der Waals surface area contributed by atoms with Crippen LogP contribution in [0.2, 0.25) is 5.02 Å². The highest BCUT2D eigenvalue weighted by Crippen LogP contribution is 2.22. The number of benzene rings is 2. The number of rotatable bonds is 6. The Kier molecular flexibility index (Phi) is 6.79. The third-order valence-corrected chi connectivity index (χ3v) is 6.88. The molecule has 29 heavy (non-hydrogen) atoms. The Hall–Kier alpha value is -2.13. The van der Waals surface area contributed by atoms with E-state index in [1.807, 2.05) is 14.0 Å². The van der Waals surface area contributed by atoms with Crippen LogP contribution >= 0.6 is 11.6 Å². The zero-order valence-corrected chi connectivity index (χ0v) is 18.0. The molecule has 2 aromatic carbocycles. The zero-order valence-electron chi connectivity index (χ0n) is 16.4. The molecule has 1 fully saturated rings. The fourth-order valence-corrected chi connectivity index (χ4v) is 4.65. The van der Waals surface area contributed by atoms with Gasteiger partial charge in [-0.25, -0.2) is 8.42 Å². The summed E-state index contributed by atoms with van der Waals surface area (Å²) in [6, 6.07) is 11.3. The average Bonchev–Trinajstić information content (AvgIpc) is 2.68. The molecule has 0 unspecified atom stereocenters. The van der Waals surface area contributed by atoms with Crippen molar-refractivity contribution in [2.24, 2.45) is 0 Å². The maximum atomic E-state index is 12.7. The minimum atomic E-state index is -3.53. The molecule has 1 aliphatic rings.